The summed E-state index contributed by atoms with van der Waals surface area (Å²) < 4.78 is 40.8. The molecule has 3 N–H and O–H groups in total. The normalized spacial score (nSPS) is 19.2. The van der Waals surface area contributed by atoms with E-state index in [9.17, 15) is 12.8 Å². The first kappa shape index (κ1) is 14.9. The third kappa shape index (κ3) is 3.16. The monoisotopic (exact) mass is 350 g/mol. The van der Waals surface area contributed by atoms with Gasteiger partial charge in [0.25, 0.3) is 0 Å². The van der Waals surface area contributed by atoms with Gasteiger partial charge in [0.05, 0.1) is 9.37 Å². The SMILES string of the molecule is CC(CN)(NS(=O)(=O)c1ccc(Br)c(F)c1)C1CC1. The molecule has 4 nitrogen and oxygen atoms in total. The Kier molecular flexibility index (Phi) is 4.02. The average Bonchev–Trinajstić information content (AvgIpc) is 3.16. The second-order valence-electron chi connectivity index (χ2n) is 5.08. The largest absolute Gasteiger partial charge is 0.329 e. The Morgan fingerprint density at radius 3 is 2.63 bits per heavy atom. The van der Waals surface area contributed by atoms with Crippen LogP contribution >= 0.6 is 15.9 Å². The smallest absolute Gasteiger partial charge is 0.241 e. The molecule has 0 amide bonds. The molecule has 0 saturated heterocycles. The number of nitrogens with one attached hydrogen (secondary N) is 1. The maximum atomic E-state index is 13.4. The van der Waals surface area contributed by atoms with Crippen LogP contribution in [0.4, 0.5) is 4.39 Å². The molecule has 1 fully saturated rings. The third-order valence-electron chi connectivity index (χ3n) is 3.47. The quantitative estimate of drug-likeness (QED) is 0.852. The summed E-state index contributed by atoms with van der Waals surface area (Å²) in [7, 11) is -3.77. The Balaban J connectivity index is 2.29. The number of hydrogen-bond donors (Lipinski definition) is 2. The third-order valence-corrected chi connectivity index (χ3v) is 5.72. The summed E-state index contributed by atoms with van der Waals surface area (Å²) >= 11 is 2.99. The molecule has 0 heterocycles. The molecule has 0 radical (unpaired) electrons. The van der Waals surface area contributed by atoms with Crippen LogP contribution in [0.3, 0.4) is 0 Å². The van der Waals surface area contributed by atoms with Gasteiger partial charge >= 0.3 is 0 Å². The van der Waals surface area contributed by atoms with E-state index in [1.165, 1.54) is 12.1 Å². The first-order valence-electron chi connectivity index (χ1n) is 5.97. The van der Waals surface area contributed by atoms with Gasteiger partial charge in [-0.3, -0.25) is 0 Å². The zero-order chi connectivity index (χ0) is 14.3. The number of nitrogens with two attached hydrogens (primary N) is 1. The van der Waals surface area contributed by atoms with E-state index >= 15 is 0 Å². The van der Waals surface area contributed by atoms with Gasteiger partial charge in [-0.25, -0.2) is 17.5 Å². The Morgan fingerprint density at radius 1 is 1.53 bits per heavy atom. The summed E-state index contributed by atoms with van der Waals surface area (Å²) in [4.78, 5) is -0.0893. The molecule has 1 aliphatic rings. The highest BCUT2D eigenvalue weighted by molar-refractivity contribution is 9.10. The van der Waals surface area contributed by atoms with Crippen LogP contribution < -0.4 is 10.5 Å². The molecular formula is C12H16BrFN2O2S. The average molecular weight is 351 g/mol. The fourth-order valence-electron chi connectivity index (χ4n) is 2.02. The molecule has 0 spiro atoms. The molecule has 2 rings (SSSR count). The molecule has 0 aromatic heterocycles. The first-order chi connectivity index (χ1) is 8.78. The molecule has 1 unspecified atom stereocenters. The van der Waals surface area contributed by atoms with Crippen molar-refractivity contribution in [2.24, 2.45) is 11.7 Å². The van der Waals surface area contributed by atoms with Gasteiger partial charge in [-0.05, 0) is 59.8 Å². The lowest BCUT2D eigenvalue weighted by Crippen LogP contribution is -2.52. The zero-order valence-electron chi connectivity index (χ0n) is 10.5. The maximum absolute atomic E-state index is 13.4. The highest BCUT2D eigenvalue weighted by Crippen LogP contribution is 2.39. The highest BCUT2D eigenvalue weighted by Gasteiger charge is 2.43. The lowest BCUT2D eigenvalue weighted by molar-refractivity contribution is 0.374. The van der Waals surface area contributed by atoms with Crippen LogP contribution in [-0.4, -0.2) is 20.5 Å². The van der Waals surface area contributed by atoms with Crippen molar-refractivity contribution < 1.29 is 12.8 Å². The van der Waals surface area contributed by atoms with Crippen LogP contribution in [0.25, 0.3) is 0 Å². The van der Waals surface area contributed by atoms with Crippen molar-refractivity contribution in [1.29, 1.82) is 0 Å². The molecule has 7 heteroatoms. The maximum Gasteiger partial charge on any atom is 0.241 e. The topological polar surface area (TPSA) is 72.2 Å². The fraction of sp³-hybridized carbons (Fsp3) is 0.500. The lowest BCUT2D eigenvalue weighted by Gasteiger charge is -2.29. The number of halogens is 2. The van der Waals surface area contributed by atoms with E-state index in [0.717, 1.165) is 18.9 Å². The molecule has 1 atom stereocenters. The van der Waals surface area contributed by atoms with E-state index in [2.05, 4.69) is 20.7 Å². The second kappa shape index (κ2) is 5.12. The minimum atomic E-state index is -3.77. The van der Waals surface area contributed by atoms with Crippen molar-refractivity contribution in [3.05, 3.63) is 28.5 Å². The molecule has 0 aliphatic heterocycles. The van der Waals surface area contributed by atoms with Crippen LogP contribution in [0.5, 0.6) is 0 Å². The van der Waals surface area contributed by atoms with Gasteiger partial charge < -0.3 is 5.73 Å². The predicted octanol–water partition coefficient (Wildman–Crippen LogP) is 1.99. The molecule has 19 heavy (non-hydrogen) atoms. The van der Waals surface area contributed by atoms with Gasteiger partial charge in [0.1, 0.15) is 5.82 Å². The van der Waals surface area contributed by atoms with Crippen LogP contribution in [-0.2, 0) is 10.0 Å². The molecule has 0 bridgehead atoms. The van der Waals surface area contributed by atoms with Crippen molar-refractivity contribution in [1.82, 2.24) is 4.72 Å². The van der Waals surface area contributed by atoms with Gasteiger partial charge in [-0.2, -0.15) is 0 Å². The summed E-state index contributed by atoms with van der Waals surface area (Å²) in [6.45, 7) is 2.01. The van der Waals surface area contributed by atoms with Gasteiger partial charge in [0.2, 0.25) is 10.0 Å². The van der Waals surface area contributed by atoms with Crippen molar-refractivity contribution in [3.63, 3.8) is 0 Å². The fourth-order valence-corrected chi connectivity index (χ4v) is 3.76. The summed E-state index contributed by atoms with van der Waals surface area (Å²) in [5.41, 5.74) is 5.01. The van der Waals surface area contributed by atoms with E-state index in [4.69, 9.17) is 5.73 Å². The summed E-state index contributed by atoms with van der Waals surface area (Å²) in [6.07, 6.45) is 1.93. The van der Waals surface area contributed by atoms with Crippen molar-refractivity contribution >= 4 is 26.0 Å². The Bertz CT molecular complexity index is 589. The lowest BCUT2D eigenvalue weighted by atomic mass is 9.98. The molecule has 1 aliphatic carbocycles. The molecule has 1 aromatic rings. The number of benzene rings is 1. The van der Waals surface area contributed by atoms with E-state index in [0.29, 0.717) is 0 Å². The second-order valence-corrected chi connectivity index (χ2v) is 7.61. The number of sulfonamides is 1. The molecule has 1 aromatic carbocycles. The van der Waals surface area contributed by atoms with Crippen LogP contribution in [0.1, 0.15) is 19.8 Å². The first-order valence-corrected chi connectivity index (χ1v) is 8.25. The summed E-state index contributed by atoms with van der Waals surface area (Å²) in [6, 6.07) is 3.73. The van der Waals surface area contributed by atoms with Gasteiger partial charge in [0.15, 0.2) is 0 Å². The number of rotatable bonds is 5. The Labute approximate surface area is 120 Å². The van der Waals surface area contributed by atoms with Gasteiger partial charge in [-0.1, -0.05) is 0 Å². The van der Waals surface area contributed by atoms with E-state index in [1.807, 2.05) is 0 Å². The standard InChI is InChI=1S/C12H16BrFN2O2S/c1-12(7-15,8-2-3-8)16-19(17,18)9-4-5-10(13)11(14)6-9/h4-6,8,16H,2-3,7,15H2,1H3. The highest BCUT2D eigenvalue weighted by atomic mass is 79.9. The van der Waals surface area contributed by atoms with Gasteiger partial charge in [-0.15, -0.1) is 0 Å². The minimum Gasteiger partial charge on any atom is -0.329 e. The molecular weight excluding hydrogens is 335 g/mol. The Morgan fingerprint density at radius 2 is 2.16 bits per heavy atom. The Hall–Kier alpha value is -0.500. The number of hydrogen-bond acceptors (Lipinski definition) is 3. The van der Waals surface area contributed by atoms with Crippen molar-refractivity contribution in [2.75, 3.05) is 6.54 Å². The van der Waals surface area contributed by atoms with Crippen LogP contribution in [0.15, 0.2) is 27.6 Å². The van der Waals surface area contributed by atoms with Gasteiger partial charge in [0, 0.05) is 12.1 Å². The van der Waals surface area contributed by atoms with E-state index in [-0.39, 0.29) is 21.8 Å². The molecule has 1 saturated carbocycles. The van der Waals surface area contributed by atoms with Crippen LogP contribution in [0, 0.1) is 11.7 Å². The van der Waals surface area contributed by atoms with E-state index in [1.54, 1.807) is 6.92 Å². The summed E-state index contributed by atoms with van der Waals surface area (Å²) in [5, 5.41) is 0. The predicted molar refractivity (Wildman–Crippen MR) is 74.6 cm³/mol. The van der Waals surface area contributed by atoms with E-state index < -0.39 is 21.4 Å². The van der Waals surface area contributed by atoms with Crippen LogP contribution in [0.2, 0.25) is 0 Å². The molecule has 106 valence electrons. The minimum absolute atomic E-state index is 0.0893. The summed E-state index contributed by atoms with van der Waals surface area (Å²) in [5.74, 6) is -0.351. The zero-order valence-corrected chi connectivity index (χ0v) is 12.9. The van der Waals surface area contributed by atoms with Crippen molar-refractivity contribution in [2.45, 2.75) is 30.2 Å². The van der Waals surface area contributed by atoms with Crippen molar-refractivity contribution in [3.8, 4) is 0 Å².